The van der Waals surface area contributed by atoms with E-state index >= 15 is 0 Å². The lowest BCUT2D eigenvalue weighted by molar-refractivity contribution is -0.137. The Morgan fingerprint density at radius 3 is 2.70 bits per heavy atom. The Bertz CT molecular complexity index is 972. The minimum absolute atomic E-state index is 0.121. The molecule has 2 aromatic carbocycles. The summed E-state index contributed by atoms with van der Waals surface area (Å²) >= 11 is 0. The van der Waals surface area contributed by atoms with E-state index < -0.39 is 17.9 Å². The number of anilines is 1. The predicted molar refractivity (Wildman–Crippen MR) is 110 cm³/mol. The van der Waals surface area contributed by atoms with Crippen LogP contribution in [0.3, 0.4) is 0 Å². The Labute approximate surface area is 174 Å². The van der Waals surface area contributed by atoms with Crippen LogP contribution in [0.5, 0.6) is 11.5 Å². The highest BCUT2D eigenvalue weighted by atomic mass is 16.5. The monoisotopic (exact) mass is 412 g/mol. The van der Waals surface area contributed by atoms with Gasteiger partial charge in [0.1, 0.15) is 0 Å². The van der Waals surface area contributed by atoms with E-state index in [9.17, 15) is 19.5 Å². The minimum Gasteiger partial charge on any atom is -0.493 e. The molecular formula is C22H24N2O6. The van der Waals surface area contributed by atoms with Gasteiger partial charge >= 0.3 is 5.97 Å². The van der Waals surface area contributed by atoms with E-state index in [1.165, 1.54) is 7.11 Å². The lowest BCUT2D eigenvalue weighted by Gasteiger charge is -2.20. The van der Waals surface area contributed by atoms with Crippen molar-refractivity contribution in [3.63, 3.8) is 0 Å². The Morgan fingerprint density at radius 2 is 2.00 bits per heavy atom. The SMILES string of the molecule is CCCOc1ccc(C(CC(=O)O)NC(=O)c2ccc3c(c2)CC(=O)N3)cc1OC. The molecule has 8 nitrogen and oxygen atoms in total. The van der Waals surface area contributed by atoms with E-state index in [0.29, 0.717) is 34.9 Å². The number of ether oxygens (including phenoxy) is 2. The Hall–Kier alpha value is -3.55. The second kappa shape index (κ2) is 9.30. The van der Waals surface area contributed by atoms with Crippen LogP contribution in [-0.4, -0.2) is 36.6 Å². The van der Waals surface area contributed by atoms with E-state index in [4.69, 9.17) is 9.47 Å². The van der Waals surface area contributed by atoms with Crippen molar-refractivity contribution >= 4 is 23.5 Å². The molecule has 1 unspecified atom stereocenters. The number of rotatable bonds is 9. The first-order chi connectivity index (χ1) is 14.4. The first kappa shape index (κ1) is 21.2. The summed E-state index contributed by atoms with van der Waals surface area (Å²) < 4.78 is 11.0. The third kappa shape index (κ3) is 4.89. The number of carboxylic acid groups (broad SMARTS) is 1. The van der Waals surface area contributed by atoms with Crippen LogP contribution in [0.4, 0.5) is 5.69 Å². The zero-order valence-corrected chi connectivity index (χ0v) is 16.9. The summed E-state index contributed by atoms with van der Waals surface area (Å²) in [5.74, 6) is -0.571. The average molecular weight is 412 g/mol. The molecule has 3 N–H and O–H groups in total. The van der Waals surface area contributed by atoms with Crippen molar-refractivity contribution in [2.24, 2.45) is 0 Å². The second-order valence-corrected chi connectivity index (χ2v) is 6.98. The summed E-state index contributed by atoms with van der Waals surface area (Å²) in [7, 11) is 1.50. The van der Waals surface area contributed by atoms with Gasteiger partial charge in [-0.2, -0.15) is 0 Å². The van der Waals surface area contributed by atoms with Gasteiger partial charge in [-0.3, -0.25) is 14.4 Å². The van der Waals surface area contributed by atoms with Crippen LogP contribution in [0, 0.1) is 0 Å². The Morgan fingerprint density at radius 1 is 1.20 bits per heavy atom. The van der Waals surface area contributed by atoms with Crippen LogP contribution in [0.2, 0.25) is 0 Å². The van der Waals surface area contributed by atoms with E-state index in [-0.39, 0.29) is 18.7 Å². The lowest BCUT2D eigenvalue weighted by atomic mass is 10.0. The van der Waals surface area contributed by atoms with E-state index in [2.05, 4.69) is 10.6 Å². The molecule has 1 aliphatic heterocycles. The number of hydrogen-bond donors (Lipinski definition) is 3. The first-order valence-corrected chi connectivity index (χ1v) is 9.67. The molecule has 3 rings (SSSR count). The smallest absolute Gasteiger partial charge is 0.305 e. The molecule has 0 bridgehead atoms. The Balaban J connectivity index is 1.82. The summed E-state index contributed by atoms with van der Waals surface area (Å²) in [6.45, 7) is 2.52. The molecule has 158 valence electrons. The molecule has 30 heavy (non-hydrogen) atoms. The van der Waals surface area contributed by atoms with Crippen molar-refractivity contribution in [1.82, 2.24) is 5.32 Å². The van der Waals surface area contributed by atoms with E-state index in [1.807, 2.05) is 6.92 Å². The van der Waals surface area contributed by atoms with Crippen molar-refractivity contribution in [2.75, 3.05) is 19.0 Å². The van der Waals surface area contributed by atoms with Gasteiger partial charge in [-0.15, -0.1) is 0 Å². The molecule has 0 spiro atoms. The molecule has 0 fully saturated rings. The highest BCUT2D eigenvalue weighted by molar-refractivity contribution is 6.01. The van der Waals surface area contributed by atoms with Gasteiger partial charge in [-0.25, -0.2) is 0 Å². The maximum atomic E-state index is 12.8. The van der Waals surface area contributed by atoms with Gasteiger partial charge in [0, 0.05) is 11.3 Å². The molecule has 1 heterocycles. The second-order valence-electron chi connectivity index (χ2n) is 6.98. The summed E-state index contributed by atoms with van der Waals surface area (Å²) in [5.41, 5.74) is 2.37. The normalized spacial score (nSPS) is 13.2. The quantitative estimate of drug-likeness (QED) is 0.584. The van der Waals surface area contributed by atoms with Crippen molar-refractivity contribution in [3.8, 4) is 11.5 Å². The summed E-state index contributed by atoms with van der Waals surface area (Å²) in [4.78, 5) is 35.7. The fourth-order valence-electron chi connectivity index (χ4n) is 3.27. The third-order valence-electron chi connectivity index (χ3n) is 4.73. The standard InChI is InChI=1S/C22H24N2O6/c1-3-8-30-18-7-5-13(10-19(18)29-2)17(12-21(26)27)24-22(28)14-4-6-16-15(9-14)11-20(25)23-16/h4-7,9-10,17H,3,8,11-12H2,1-2H3,(H,23,25)(H,24,28)(H,26,27). The predicted octanol–water partition coefficient (Wildman–Crippen LogP) is 2.92. The molecule has 0 aliphatic carbocycles. The zero-order valence-electron chi connectivity index (χ0n) is 16.9. The van der Waals surface area contributed by atoms with Crippen molar-refractivity contribution in [2.45, 2.75) is 32.2 Å². The van der Waals surface area contributed by atoms with Crippen molar-refractivity contribution in [1.29, 1.82) is 0 Å². The molecule has 2 aromatic rings. The maximum Gasteiger partial charge on any atom is 0.305 e. The zero-order chi connectivity index (χ0) is 21.7. The van der Waals surface area contributed by atoms with Crippen LogP contribution in [0.25, 0.3) is 0 Å². The van der Waals surface area contributed by atoms with Crippen LogP contribution in [-0.2, 0) is 16.0 Å². The largest absolute Gasteiger partial charge is 0.493 e. The molecule has 2 amide bonds. The van der Waals surface area contributed by atoms with Gasteiger partial charge in [0.25, 0.3) is 5.91 Å². The van der Waals surface area contributed by atoms with Gasteiger partial charge in [-0.1, -0.05) is 13.0 Å². The highest BCUT2D eigenvalue weighted by Gasteiger charge is 2.23. The molecule has 0 aromatic heterocycles. The summed E-state index contributed by atoms with van der Waals surface area (Å²) in [5, 5.41) is 14.8. The highest BCUT2D eigenvalue weighted by Crippen LogP contribution is 2.32. The lowest BCUT2D eigenvalue weighted by Crippen LogP contribution is -2.30. The van der Waals surface area contributed by atoms with Crippen molar-refractivity contribution < 1.29 is 29.0 Å². The molecular weight excluding hydrogens is 388 g/mol. The Kier molecular flexibility index (Phi) is 6.56. The fourth-order valence-corrected chi connectivity index (χ4v) is 3.27. The number of benzene rings is 2. The van der Waals surface area contributed by atoms with Gasteiger partial charge in [0.15, 0.2) is 11.5 Å². The number of hydrogen-bond acceptors (Lipinski definition) is 5. The van der Waals surface area contributed by atoms with Gasteiger partial charge in [0.05, 0.1) is 32.6 Å². The molecule has 1 aliphatic rings. The third-order valence-corrected chi connectivity index (χ3v) is 4.73. The molecule has 1 atom stereocenters. The maximum absolute atomic E-state index is 12.8. The molecule has 8 heteroatoms. The van der Waals surface area contributed by atoms with Crippen LogP contribution >= 0.6 is 0 Å². The number of fused-ring (bicyclic) bond motifs is 1. The number of carbonyl (C=O) groups excluding carboxylic acids is 2. The van der Waals surface area contributed by atoms with Gasteiger partial charge in [0.2, 0.25) is 5.91 Å². The van der Waals surface area contributed by atoms with Crippen LogP contribution < -0.4 is 20.1 Å². The first-order valence-electron chi connectivity index (χ1n) is 9.67. The number of aliphatic carboxylic acids is 1. The average Bonchev–Trinajstić information content (AvgIpc) is 3.10. The van der Waals surface area contributed by atoms with Crippen molar-refractivity contribution in [3.05, 3.63) is 53.1 Å². The summed E-state index contributed by atoms with van der Waals surface area (Å²) in [6.07, 6.45) is 0.755. The van der Waals surface area contributed by atoms with Crippen LogP contribution in [0.1, 0.15) is 47.3 Å². The van der Waals surface area contributed by atoms with Crippen LogP contribution in [0.15, 0.2) is 36.4 Å². The van der Waals surface area contributed by atoms with Gasteiger partial charge < -0.3 is 25.2 Å². The topological polar surface area (TPSA) is 114 Å². The minimum atomic E-state index is -1.05. The number of carboxylic acids is 1. The summed E-state index contributed by atoms with van der Waals surface area (Å²) in [6, 6.07) is 9.23. The molecule has 0 saturated heterocycles. The van der Waals surface area contributed by atoms with Gasteiger partial charge in [-0.05, 0) is 47.9 Å². The molecule has 0 radical (unpaired) electrons. The van der Waals surface area contributed by atoms with E-state index in [0.717, 1.165) is 12.0 Å². The number of carbonyl (C=O) groups is 3. The fraction of sp³-hybridized carbons (Fsp3) is 0.318. The van der Waals surface area contributed by atoms with E-state index in [1.54, 1.807) is 36.4 Å². The number of amides is 2. The number of nitrogens with one attached hydrogen (secondary N) is 2. The molecule has 0 saturated carbocycles. The number of methoxy groups -OCH3 is 1.